The standard InChI is InChI=1S/C13H16Cl2N2O3S/c14-9-5-10(15)7-12(6-9)17-13(18)1-3-16-11-2-4-21(19,20)8-11/h5-7,11,16H,1-4,8H2,(H,17,18). The minimum absolute atomic E-state index is 0.0524. The predicted molar refractivity (Wildman–Crippen MR) is 84.8 cm³/mol. The second-order valence-corrected chi connectivity index (χ2v) is 8.11. The summed E-state index contributed by atoms with van der Waals surface area (Å²) in [6.07, 6.45) is 0.856. The van der Waals surface area contributed by atoms with E-state index in [0.717, 1.165) is 0 Å². The summed E-state index contributed by atoms with van der Waals surface area (Å²) in [5, 5.41) is 6.69. The largest absolute Gasteiger partial charge is 0.326 e. The zero-order valence-electron chi connectivity index (χ0n) is 11.2. The van der Waals surface area contributed by atoms with Crippen LogP contribution >= 0.6 is 23.2 Å². The topological polar surface area (TPSA) is 75.3 Å². The Bertz CT molecular complexity index is 614. The van der Waals surface area contributed by atoms with Gasteiger partial charge in [0.2, 0.25) is 5.91 Å². The number of sulfone groups is 1. The fourth-order valence-corrected chi connectivity index (χ4v) is 4.43. The van der Waals surface area contributed by atoms with Crippen molar-refractivity contribution in [3.63, 3.8) is 0 Å². The van der Waals surface area contributed by atoms with Crippen LogP contribution in [0, 0.1) is 0 Å². The van der Waals surface area contributed by atoms with E-state index >= 15 is 0 Å². The van der Waals surface area contributed by atoms with E-state index < -0.39 is 9.84 Å². The Morgan fingerprint density at radius 3 is 2.48 bits per heavy atom. The molecule has 1 saturated heterocycles. The average molecular weight is 351 g/mol. The number of nitrogens with one attached hydrogen (secondary N) is 2. The molecule has 8 heteroatoms. The molecule has 1 aromatic carbocycles. The lowest BCUT2D eigenvalue weighted by molar-refractivity contribution is -0.116. The second kappa shape index (κ2) is 6.96. The molecule has 116 valence electrons. The molecule has 0 saturated carbocycles. The first kappa shape index (κ1) is 16.5. The Balaban J connectivity index is 1.75. The van der Waals surface area contributed by atoms with Crippen molar-refractivity contribution in [1.29, 1.82) is 0 Å². The molecule has 21 heavy (non-hydrogen) atoms. The van der Waals surface area contributed by atoms with Gasteiger partial charge in [-0.2, -0.15) is 0 Å². The first-order valence-electron chi connectivity index (χ1n) is 6.54. The molecule has 1 heterocycles. The summed E-state index contributed by atoms with van der Waals surface area (Å²) in [5.41, 5.74) is 0.543. The number of anilines is 1. The third kappa shape index (κ3) is 5.47. The van der Waals surface area contributed by atoms with E-state index in [4.69, 9.17) is 23.2 Å². The molecule has 1 aliphatic heterocycles. The lowest BCUT2D eigenvalue weighted by Gasteiger charge is -2.11. The number of amides is 1. The highest BCUT2D eigenvalue weighted by Gasteiger charge is 2.27. The Kier molecular flexibility index (Phi) is 5.48. The Morgan fingerprint density at radius 1 is 1.24 bits per heavy atom. The van der Waals surface area contributed by atoms with Gasteiger partial charge < -0.3 is 10.6 Å². The molecule has 0 aliphatic carbocycles. The highest BCUT2D eigenvalue weighted by Crippen LogP contribution is 2.22. The fourth-order valence-electron chi connectivity index (χ4n) is 2.20. The van der Waals surface area contributed by atoms with E-state index in [1.807, 2.05) is 0 Å². The summed E-state index contributed by atoms with van der Waals surface area (Å²) in [5.74, 6) is 0.192. The monoisotopic (exact) mass is 350 g/mol. The van der Waals surface area contributed by atoms with E-state index in [0.29, 0.717) is 28.7 Å². The minimum Gasteiger partial charge on any atom is -0.326 e. The van der Waals surface area contributed by atoms with Gasteiger partial charge in [0.15, 0.2) is 9.84 Å². The van der Waals surface area contributed by atoms with E-state index in [-0.39, 0.29) is 29.9 Å². The van der Waals surface area contributed by atoms with Crippen molar-refractivity contribution >= 4 is 44.6 Å². The van der Waals surface area contributed by atoms with E-state index in [1.165, 1.54) is 0 Å². The maximum absolute atomic E-state index is 11.8. The van der Waals surface area contributed by atoms with Crippen molar-refractivity contribution in [3.8, 4) is 0 Å². The maximum atomic E-state index is 11.8. The molecule has 0 radical (unpaired) electrons. The average Bonchev–Trinajstić information content (AvgIpc) is 2.67. The van der Waals surface area contributed by atoms with Gasteiger partial charge in [0, 0.05) is 34.7 Å². The van der Waals surface area contributed by atoms with Crippen LogP contribution in [-0.4, -0.2) is 38.4 Å². The molecule has 2 rings (SSSR count). The molecule has 0 bridgehead atoms. The quantitative estimate of drug-likeness (QED) is 0.852. The lowest BCUT2D eigenvalue weighted by Crippen LogP contribution is -2.32. The third-order valence-electron chi connectivity index (χ3n) is 3.16. The van der Waals surface area contributed by atoms with E-state index in [1.54, 1.807) is 18.2 Å². The molecule has 1 aromatic rings. The van der Waals surface area contributed by atoms with Crippen molar-refractivity contribution in [3.05, 3.63) is 28.2 Å². The molecule has 1 fully saturated rings. The van der Waals surface area contributed by atoms with Gasteiger partial charge in [0.25, 0.3) is 0 Å². The molecular formula is C13H16Cl2N2O3S. The smallest absolute Gasteiger partial charge is 0.225 e. The Labute approximate surface area is 133 Å². The van der Waals surface area contributed by atoms with Gasteiger partial charge >= 0.3 is 0 Å². The van der Waals surface area contributed by atoms with Gasteiger partial charge in [-0.15, -0.1) is 0 Å². The highest BCUT2D eigenvalue weighted by atomic mass is 35.5. The van der Waals surface area contributed by atoms with Gasteiger partial charge in [0.05, 0.1) is 11.5 Å². The molecule has 2 N–H and O–H groups in total. The first-order valence-corrected chi connectivity index (χ1v) is 9.11. The first-order chi connectivity index (χ1) is 9.84. The third-order valence-corrected chi connectivity index (χ3v) is 5.37. The zero-order chi connectivity index (χ0) is 15.5. The van der Waals surface area contributed by atoms with Gasteiger partial charge in [-0.25, -0.2) is 8.42 Å². The maximum Gasteiger partial charge on any atom is 0.225 e. The van der Waals surface area contributed by atoms with Crippen LogP contribution in [0.15, 0.2) is 18.2 Å². The molecular weight excluding hydrogens is 335 g/mol. The highest BCUT2D eigenvalue weighted by molar-refractivity contribution is 7.91. The number of hydrogen-bond acceptors (Lipinski definition) is 4. The molecule has 0 spiro atoms. The number of hydrogen-bond donors (Lipinski definition) is 2. The molecule has 5 nitrogen and oxygen atoms in total. The molecule has 1 atom stereocenters. The summed E-state index contributed by atoms with van der Waals surface area (Å²) < 4.78 is 22.6. The summed E-state index contributed by atoms with van der Waals surface area (Å²) >= 11 is 11.7. The Hall–Kier alpha value is -0.820. The number of halogens is 2. The zero-order valence-corrected chi connectivity index (χ0v) is 13.6. The molecule has 1 aliphatic rings. The van der Waals surface area contributed by atoms with Crippen molar-refractivity contribution in [2.24, 2.45) is 0 Å². The van der Waals surface area contributed by atoms with Crippen LogP contribution in [-0.2, 0) is 14.6 Å². The van der Waals surface area contributed by atoms with Crippen molar-refractivity contribution in [2.45, 2.75) is 18.9 Å². The van der Waals surface area contributed by atoms with Gasteiger partial charge in [-0.1, -0.05) is 23.2 Å². The Morgan fingerprint density at radius 2 is 1.90 bits per heavy atom. The normalized spacial score (nSPS) is 20.4. The summed E-state index contributed by atoms with van der Waals surface area (Å²) in [6.45, 7) is 0.431. The fraction of sp³-hybridized carbons (Fsp3) is 0.462. The van der Waals surface area contributed by atoms with Crippen LogP contribution in [0.25, 0.3) is 0 Å². The van der Waals surface area contributed by atoms with Crippen molar-refractivity contribution in [2.75, 3.05) is 23.4 Å². The van der Waals surface area contributed by atoms with Crippen LogP contribution in [0.3, 0.4) is 0 Å². The van der Waals surface area contributed by atoms with Crippen LogP contribution in [0.4, 0.5) is 5.69 Å². The summed E-state index contributed by atoms with van der Waals surface area (Å²) in [7, 11) is -2.90. The van der Waals surface area contributed by atoms with E-state index in [2.05, 4.69) is 10.6 Å². The van der Waals surface area contributed by atoms with Crippen LogP contribution in [0.5, 0.6) is 0 Å². The predicted octanol–water partition coefficient (Wildman–Crippen LogP) is 2.10. The molecule has 1 amide bonds. The van der Waals surface area contributed by atoms with Crippen LogP contribution in [0.1, 0.15) is 12.8 Å². The summed E-state index contributed by atoms with van der Waals surface area (Å²) in [4.78, 5) is 11.8. The number of carbonyl (C=O) groups is 1. The van der Waals surface area contributed by atoms with Crippen LogP contribution < -0.4 is 10.6 Å². The lowest BCUT2D eigenvalue weighted by atomic mass is 10.2. The number of rotatable bonds is 5. The SMILES string of the molecule is O=C(CCNC1CCS(=O)(=O)C1)Nc1cc(Cl)cc(Cl)c1. The number of benzene rings is 1. The molecule has 1 unspecified atom stereocenters. The van der Waals surface area contributed by atoms with E-state index in [9.17, 15) is 13.2 Å². The van der Waals surface area contributed by atoms with Gasteiger partial charge in [-0.05, 0) is 24.6 Å². The van der Waals surface area contributed by atoms with Gasteiger partial charge in [0.1, 0.15) is 0 Å². The molecule has 0 aromatic heterocycles. The van der Waals surface area contributed by atoms with Crippen LogP contribution in [0.2, 0.25) is 10.0 Å². The van der Waals surface area contributed by atoms with Crippen molar-refractivity contribution in [1.82, 2.24) is 5.32 Å². The summed E-state index contributed by atoms with van der Waals surface area (Å²) in [6, 6.07) is 4.76. The van der Waals surface area contributed by atoms with Gasteiger partial charge in [-0.3, -0.25) is 4.79 Å². The minimum atomic E-state index is -2.90. The number of carbonyl (C=O) groups excluding carboxylic acids is 1. The second-order valence-electron chi connectivity index (χ2n) is 5.01. The van der Waals surface area contributed by atoms with Crippen molar-refractivity contribution < 1.29 is 13.2 Å².